The molecule has 2 saturated heterocycles. The lowest BCUT2D eigenvalue weighted by Crippen LogP contribution is -2.52. The number of carbonyl (C=O) groups is 3. The lowest BCUT2D eigenvalue weighted by molar-refractivity contribution is -0.136. The van der Waals surface area contributed by atoms with Crippen LogP contribution in [0.15, 0.2) is 23.3 Å². The SMILES string of the molecule is CC(=O)N[C@@H]1COC(=O)/C1=C\C[C@H]1C2(CC[C@H]3C(C)(C)CCC[C@@]31C)CC2.CC1(C)CCC[C@@]2(C)[C@H]1CCC1(CC1)[C@@H]2C/C=C1\C(=O)OC[C@H]1N.Cl. The molecule has 8 heteroatoms. The number of fused-ring (bicyclic) bond motifs is 2. The quantitative estimate of drug-likeness (QED) is 0.215. The zero-order chi connectivity index (χ0) is 36.6. The lowest BCUT2D eigenvalue weighted by Gasteiger charge is -2.60. The maximum absolute atomic E-state index is 12.2. The van der Waals surface area contributed by atoms with Crippen LogP contribution in [-0.4, -0.2) is 43.1 Å². The predicted molar refractivity (Wildman–Crippen MR) is 207 cm³/mol. The molecule has 8 fully saturated rings. The topological polar surface area (TPSA) is 108 Å². The summed E-state index contributed by atoms with van der Waals surface area (Å²) in [7, 11) is 0. The van der Waals surface area contributed by atoms with Gasteiger partial charge in [0.05, 0.1) is 23.2 Å². The van der Waals surface area contributed by atoms with Crippen molar-refractivity contribution >= 4 is 30.3 Å². The molecule has 3 N–H and O–H groups in total. The highest BCUT2D eigenvalue weighted by Gasteiger charge is 2.64. The average molecular weight is 741 g/mol. The van der Waals surface area contributed by atoms with E-state index < -0.39 is 0 Å². The Hall–Kier alpha value is -1.86. The van der Waals surface area contributed by atoms with Gasteiger partial charge in [-0.15, -0.1) is 12.4 Å². The maximum Gasteiger partial charge on any atom is 0.336 e. The van der Waals surface area contributed by atoms with Crippen molar-refractivity contribution in [3.8, 4) is 0 Å². The van der Waals surface area contributed by atoms with Crippen molar-refractivity contribution in [2.75, 3.05) is 13.2 Å². The third-order valence-corrected chi connectivity index (χ3v) is 16.8. The van der Waals surface area contributed by atoms with Gasteiger partial charge in [0.1, 0.15) is 13.2 Å². The van der Waals surface area contributed by atoms with Crippen molar-refractivity contribution in [2.24, 2.45) is 61.9 Å². The molecule has 6 saturated carbocycles. The zero-order valence-electron chi connectivity index (χ0n) is 33.4. The lowest BCUT2D eigenvalue weighted by atomic mass is 9.45. The van der Waals surface area contributed by atoms with E-state index in [1.165, 1.54) is 96.8 Å². The molecule has 7 nitrogen and oxygen atoms in total. The highest BCUT2D eigenvalue weighted by atomic mass is 35.5. The van der Waals surface area contributed by atoms with Gasteiger partial charge in [-0.05, 0) is 146 Å². The molecule has 8 aliphatic rings. The van der Waals surface area contributed by atoms with Crippen molar-refractivity contribution in [2.45, 2.75) is 163 Å². The molecule has 0 bridgehead atoms. The molecular formula is C44H69ClN2O5. The summed E-state index contributed by atoms with van der Waals surface area (Å²) in [5.41, 5.74) is 10.2. The number of halogens is 1. The van der Waals surface area contributed by atoms with Crippen LogP contribution in [0.1, 0.15) is 151 Å². The Morgan fingerprint density at radius 1 is 0.692 bits per heavy atom. The summed E-state index contributed by atoms with van der Waals surface area (Å²) in [5.74, 6) is 2.39. The Kier molecular flexibility index (Phi) is 10.7. The first-order chi connectivity index (χ1) is 24.0. The fourth-order valence-corrected chi connectivity index (χ4v) is 14.1. The fraction of sp³-hybridized carbons (Fsp3) is 0.841. The minimum Gasteiger partial charge on any atom is -0.460 e. The summed E-state index contributed by atoms with van der Waals surface area (Å²) >= 11 is 0. The number of nitrogens with two attached hydrogens (primary N) is 1. The highest BCUT2D eigenvalue weighted by Crippen LogP contribution is 2.73. The second-order valence-electron chi connectivity index (χ2n) is 20.6. The van der Waals surface area contributed by atoms with Crippen molar-refractivity contribution in [1.82, 2.24) is 5.32 Å². The second kappa shape index (κ2) is 14.0. The zero-order valence-corrected chi connectivity index (χ0v) is 34.2. The molecule has 0 unspecified atom stereocenters. The van der Waals surface area contributed by atoms with Gasteiger partial charge in [-0.2, -0.15) is 0 Å². The van der Waals surface area contributed by atoms with E-state index >= 15 is 0 Å². The van der Waals surface area contributed by atoms with Crippen molar-refractivity contribution < 1.29 is 23.9 Å². The van der Waals surface area contributed by atoms with Gasteiger partial charge in [0, 0.05) is 6.92 Å². The smallest absolute Gasteiger partial charge is 0.336 e. The van der Waals surface area contributed by atoms with Crippen LogP contribution < -0.4 is 11.1 Å². The molecule has 8 rings (SSSR count). The van der Waals surface area contributed by atoms with Crippen LogP contribution in [0.2, 0.25) is 0 Å². The molecule has 8 atom stereocenters. The maximum atomic E-state index is 12.2. The van der Waals surface area contributed by atoms with Gasteiger partial charge < -0.3 is 20.5 Å². The summed E-state index contributed by atoms with van der Waals surface area (Å²) in [6.45, 7) is 17.1. The molecule has 6 aliphatic carbocycles. The van der Waals surface area contributed by atoms with Crippen molar-refractivity contribution in [3.63, 3.8) is 0 Å². The van der Waals surface area contributed by atoms with Gasteiger partial charge in [-0.1, -0.05) is 66.5 Å². The fourth-order valence-electron chi connectivity index (χ4n) is 14.1. The third kappa shape index (κ3) is 6.94. The molecule has 52 heavy (non-hydrogen) atoms. The summed E-state index contributed by atoms with van der Waals surface area (Å²) in [4.78, 5) is 35.6. The molecule has 2 aliphatic heterocycles. The van der Waals surface area contributed by atoms with E-state index in [0.717, 1.165) is 30.3 Å². The molecule has 292 valence electrons. The number of hydrogen-bond acceptors (Lipinski definition) is 6. The molecule has 0 aromatic heterocycles. The van der Waals surface area contributed by atoms with Gasteiger partial charge >= 0.3 is 11.9 Å². The van der Waals surface area contributed by atoms with Gasteiger partial charge in [-0.25, -0.2) is 9.59 Å². The van der Waals surface area contributed by atoms with Crippen LogP contribution in [0, 0.1) is 56.2 Å². The minimum atomic E-state index is -0.278. The summed E-state index contributed by atoms with van der Waals surface area (Å²) < 4.78 is 10.3. The standard InChI is InChI=1S/C23H35NO3.C21H33NO2.ClH/c1-15(25)24-17-14-27-20(26)16(17)6-7-19-22(4)10-5-9-21(2,3)18(22)8-11-23(19)12-13-23;1-19(2)8-4-9-20(3)16(19)7-10-21(11-12-21)17(20)6-5-14-15(22)13-24-18(14)23;/h6,17-19H,5,7-14H2,1-4H3,(H,24,25);5,15-17H,4,6-13,22H2,1-3H3;1H/b16-6-;14-5-;/t17-,18+,19-,22+;15-,16+,17-,20+;/m11./s1. The van der Waals surface area contributed by atoms with E-state index in [-0.39, 0.29) is 48.9 Å². The Balaban J connectivity index is 0.000000176. The number of allylic oxidation sites excluding steroid dienone is 2. The third-order valence-electron chi connectivity index (χ3n) is 16.8. The number of ether oxygens (including phenoxy) is 2. The number of hydrogen-bond donors (Lipinski definition) is 2. The Bertz CT molecular complexity index is 1470. The number of cyclic esters (lactones) is 2. The Labute approximate surface area is 320 Å². The number of carbonyl (C=O) groups excluding carboxylic acids is 3. The van der Waals surface area contributed by atoms with Crippen LogP contribution in [0.4, 0.5) is 0 Å². The average Bonchev–Trinajstić information content (AvgIpc) is 3.94. The van der Waals surface area contributed by atoms with Crippen LogP contribution in [0.3, 0.4) is 0 Å². The number of nitrogens with one attached hydrogen (secondary N) is 1. The van der Waals surface area contributed by atoms with E-state index in [1.54, 1.807) is 0 Å². The van der Waals surface area contributed by atoms with Crippen molar-refractivity contribution in [1.29, 1.82) is 0 Å². The first-order valence-electron chi connectivity index (χ1n) is 20.7. The first kappa shape index (κ1) is 39.8. The van der Waals surface area contributed by atoms with E-state index in [4.69, 9.17) is 15.2 Å². The van der Waals surface area contributed by atoms with E-state index in [0.29, 0.717) is 56.5 Å². The second-order valence-corrected chi connectivity index (χ2v) is 20.6. The molecule has 2 heterocycles. The van der Waals surface area contributed by atoms with Crippen LogP contribution in [0.5, 0.6) is 0 Å². The van der Waals surface area contributed by atoms with Gasteiger partial charge in [0.2, 0.25) is 5.91 Å². The predicted octanol–water partition coefficient (Wildman–Crippen LogP) is 9.02. The molecule has 0 radical (unpaired) electrons. The highest BCUT2D eigenvalue weighted by molar-refractivity contribution is 5.93. The Morgan fingerprint density at radius 3 is 1.56 bits per heavy atom. The van der Waals surface area contributed by atoms with Crippen LogP contribution >= 0.6 is 12.4 Å². The minimum absolute atomic E-state index is 0. The van der Waals surface area contributed by atoms with E-state index in [2.05, 4.69) is 59.0 Å². The van der Waals surface area contributed by atoms with Crippen LogP contribution in [-0.2, 0) is 23.9 Å². The molecular weight excluding hydrogens is 672 g/mol. The van der Waals surface area contributed by atoms with Crippen LogP contribution in [0.25, 0.3) is 0 Å². The number of rotatable bonds is 5. The monoisotopic (exact) mass is 740 g/mol. The Morgan fingerprint density at radius 2 is 1.13 bits per heavy atom. The van der Waals surface area contributed by atoms with Crippen molar-refractivity contribution in [3.05, 3.63) is 23.3 Å². The molecule has 1 amide bonds. The van der Waals surface area contributed by atoms with Gasteiger partial charge in [0.25, 0.3) is 0 Å². The van der Waals surface area contributed by atoms with E-state index in [9.17, 15) is 14.4 Å². The number of esters is 2. The normalized spacial score (nSPS) is 41.5. The molecule has 2 spiro atoms. The summed E-state index contributed by atoms with van der Waals surface area (Å²) in [5, 5.41) is 2.87. The molecule has 0 aromatic carbocycles. The first-order valence-corrected chi connectivity index (χ1v) is 20.7. The van der Waals surface area contributed by atoms with E-state index in [1.807, 2.05) is 0 Å². The number of amides is 1. The molecule has 0 aromatic rings. The summed E-state index contributed by atoms with van der Waals surface area (Å²) in [6, 6.07) is -0.497. The van der Waals surface area contributed by atoms with Gasteiger partial charge in [-0.3, -0.25) is 4.79 Å². The largest absolute Gasteiger partial charge is 0.460 e. The summed E-state index contributed by atoms with van der Waals surface area (Å²) in [6.07, 6.45) is 25.3. The van der Waals surface area contributed by atoms with Gasteiger partial charge in [0.15, 0.2) is 0 Å².